The number of benzene rings is 2. The summed E-state index contributed by atoms with van der Waals surface area (Å²) in [5.41, 5.74) is 1.42. The second-order valence-corrected chi connectivity index (χ2v) is 7.88. The highest BCUT2D eigenvalue weighted by atomic mass is 16.6. The number of carbonyl (C=O) groups excluding carboxylic acids is 1. The van der Waals surface area contributed by atoms with E-state index in [1.54, 1.807) is 7.11 Å². The lowest BCUT2D eigenvalue weighted by atomic mass is 9.96. The first-order chi connectivity index (χ1) is 15.6. The average Bonchev–Trinajstić information content (AvgIpc) is 2.83. The SMILES string of the molecule is COc1ccc2c(c1)[C@H]1OCCN(CCCCNC(=O)c3ccc([N+](=O)[O-])cc3)[C@@H]1CO2. The van der Waals surface area contributed by atoms with Crippen LogP contribution >= 0.6 is 0 Å². The predicted molar refractivity (Wildman–Crippen MR) is 117 cm³/mol. The summed E-state index contributed by atoms with van der Waals surface area (Å²) in [6, 6.07) is 11.6. The number of nitrogens with zero attached hydrogens (tertiary/aromatic N) is 2. The molecular weight excluding hydrogens is 414 g/mol. The van der Waals surface area contributed by atoms with Crippen LogP contribution in [0.2, 0.25) is 0 Å². The molecule has 2 aromatic rings. The Labute approximate surface area is 186 Å². The van der Waals surface area contributed by atoms with Crippen LogP contribution in [0.25, 0.3) is 0 Å². The van der Waals surface area contributed by atoms with Crippen molar-refractivity contribution in [1.82, 2.24) is 10.2 Å². The normalized spacial score (nSPS) is 19.9. The molecule has 1 fully saturated rings. The Kier molecular flexibility index (Phi) is 6.87. The molecule has 0 bridgehead atoms. The quantitative estimate of drug-likeness (QED) is 0.382. The number of nitrogens with one attached hydrogen (secondary N) is 1. The van der Waals surface area contributed by atoms with Crippen molar-refractivity contribution in [2.75, 3.05) is 40.0 Å². The number of fused-ring (bicyclic) bond motifs is 3. The summed E-state index contributed by atoms with van der Waals surface area (Å²) in [5, 5.41) is 13.6. The van der Waals surface area contributed by atoms with E-state index in [1.807, 2.05) is 18.2 Å². The monoisotopic (exact) mass is 441 g/mol. The lowest BCUT2D eigenvalue weighted by Gasteiger charge is -2.44. The van der Waals surface area contributed by atoms with Crippen LogP contribution in [-0.2, 0) is 4.74 Å². The smallest absolute Gasteiger partial charge is 0.269 e. The van der Waals surface area contributed by atoms with Crippen LogP contribution < -0.4 is 14.8 Å². The number of morpholine rings is 1. The van der Waals surface area contributed by atoms with Crippen LogP contribution in [0, 0.1) is 10.1 Å². The molecule has 2 aliphatic rings. The number of ether oxygens (including phenoxy) is 3. The van der Waals surface area contributed by atoms with Crippen molar-refractivity contribution >= 4 is 11.6 Å². The standard InChI is InChI=1S/C23H27N3O6/c1-30-18-8-9-21-19(14-18)22-20(15-32-21)25(12-13-31-22)11-3-2-10-24-23(27)16-4-6-17(7-5-16)26(28)29/h4-9,14,20,22H,2-3,10-13,15H2,1H3,(H,24,27)/t20-,22-/m1/s1. The van der Waals surface area contributed by atoms with E-state index >= 15 is 0 Å². The number of amides is 1. The van der Waals surface area contributed by atoms with Gasteiger partial charge in [-0.1, -0.05) is 0 Å². The van der Waals surface area contributed by atoms with Crippen LogP contribution in [0.5, 0.6) is 11.5 Å². The Balaban J connectivity index is 1.25. The molecule has 0 radical (unpaired) electrons. The summed E-state index contributed by atoms with van der Waals surface area (Å²) in [4.78, 5) is 24.8. The average molecular weight is 441 g/mol. The Morgan fingerprint density at radius 1 is 1.25 bits per heavy atom. The number of nitro benzene ring substituents is 1. The molecule has 0 aliphatic carbocycles. The van der Waals surface area contributed by atoms with Gasteiger partial charge in [0.2, 0.25) is 0 Å². The summed E-state index contributed by atoms with van der Waals surface area (Å²) in [5.74, 6) is 1.41. The zero-order valence-corrected chi connectivity index (χ0v) is 18.0. The van der Waals surface area contributed by atoms with Gasteiger partial charge in [0.25, 0.3) is 11.6 Å². The largest absolute Gasteiger partial charge is 0.497 e. The minimum Gasteiger partial charge on any atom is -0.497 e. The number of non-ortho nitro benzene ring substituents is 1. The fraction of sp³-hybridized carbons (Fsp3) is 0.435. The Bertz CT molecular complexity index is 965. The fourth-order valence-electron chi connectivity index (χ4n) is 4.19. The molecule has 1 N–H and O–H groups in total. The van der Waals surface area contributed by atoms with Crippen LogP contribution in [0.3, 0.4) is 0 Å². The molecule has 1 saturated heterocycles. The number of nitro groups is 1. The molecule has 9 heteroatoms. The third-order valence-electron chi connectivity index (χ3n) is 5.93. The third kappa shape index (κ3) is 4.84. The first-order valence-corrected chi connectivity index (χ1v) is 10.8. The van der Waals surface area contributed by atoms with Crippen molar-refractivity contribution in [2.24, 2.45) is 0 Å². The zero-order valence-electron chi connectivity index (χ0n) is 18.0. The maximum absolute atomic E-state index is 12.2. The van der Waals surface area contributed by atoms with E-state index in [0.717, 1.165) is 43.0 Å². The van der Waals surface area contributed by atoms with E-state index < -0.39 is 4.92 Å². The number of carbonyl (C=O) groups is 1. The van der Waals surface area contributed by atoms with Crippen LogP contribution in [0.15, 0.2) is 42.5 Å². The number of methoxy groups -OCH3 is 1. The third-order valence-corrected chi connectivity index (χ3v) is 5.93. The number of unbranched alkanes of at least 4 members (excludes halogenated alkanes) is 1. The fourth-order valence-corrected chi connectivity index (χ4v) is 4.19. The summed E-state index contributed by atoms with van der Waals surface area (Å²) < 4.78 is 17.4. The Morgan fingerprint density at radius 3 is 2.81 bits per heavy atom. The van der Waals surface area contributed by atoms with E-state index in [0.29, 0.717) is 25.3 Å². The van der Waals surface area contributed by atoms with Gasteiger partial charge in [-0.2, -0.15) is 0 Å². The zero-order chi connectivity index (χ0) is 22.5. The van der Waals surface area contributed by atoms with Gasteiger partial charge in [0.05, 0.1) is 24.7 Å². The Hall–Kier alpha value is -3.17. The molecule has 4 rings (SSSR count). The molecule has 0 spiro atoms. The van der Waals surface area contributed by atoms with Gasteiger partial charge in [0, 0.05) is 36.3 Å². The van der Waals surface area contributed by atoms with Gasteiger partial charge in [-0.05, 0) is 49.7 Å². The van der Waals surface area contributed by atoms with Gasteiger partial charge in [-0.3, -0.25) is 19.8 Å². The van der Waals surface area contributed by atoms with Gasteiger partial charge in [0.15, 0.2) is 0 Å². The molecule has 2 heterocycles. The molecule has 0 unspecified atom stereocenters. The molecule has 1 amide bonds. The van der Waals surface area contributed by atoms with Crippen molar-refractivity contribution in [3.63, 3.8) is 0 Å². The lowest BCUT2D eigenvalue weighted by Crippen LogP contribution is -2.52. The van der Waals surface area contributed by atoms with Gasteiger partial charge < -0.3 is 19.5 Å². The first kappa shape index (κ1) is 22.0. The highest BCUT2D eigenvalue weighted by Gasteiger charge is 2.38. The van der Waals surface area contributed by atoms with Crippen molar-refractivity contribution in [1.29, 1.82) is 0 Å². The predicted octanol–water partition coefficient (Wildman–Crippen LogP) is 2.95. The van der Waals surface area contributed by atoms with E-state index in [2.05, 4.69) is 10.2 Å². The highest BCUT2D eigenvalue weighted by Crippen LogP contribution is 2.40. The van der Waals surface area contributed by atoms with Gasteiger partial charge >= 0.3 is 0 Å². The van der Waals surface area contributed by atoms with Crippen molar-refractivity contribution < 1.29 is 23.9 Å². The van der Waals surface area contributed by atoms with Gasteiger partial charge in [0.1, 0.15) is 24.2 Å². The van der Waals surface area contributed by atoms with Crippen LogP contribution in [0.1, 0.15) is 34.9 Å². The molecule has 2 aromatic carbocycles. The summed E-state index contributed by atoms with van der Waals surface area (Å²) in [6.07, 6.45) is 1.72. The van der Waals surface area contributed by atoms with E-state index in [9.17, 15) is 14.9 Å². The van der Waals surface area contributed by atoms with Crippen molar-refractivity contribution in [2.45, 2.75) is 25.0 Å². The maximum Gasteiger partial charge on any atom is 0.269 e. The maximum atomic E-state index is 12.2. The van der Waals surface area contributed by atoms with E-state index in [1.165, 1.54) is 24.3 Å². The molecule has 9 nitrogen and oxygen atoms in total. The topological polar surface area (TPSA) is 103 Å². The van der Waals surface area contributed by atoms with Crippen molar-refractivity contribution in [3.05, 3.63) is 63.7 Å². The molecule has 0 saturated carbocycles. The van der Waals surface area contributed by atoms with Crippen LogP contribution in [0.4, 0.5) is 5.69 Å². The van der Waals surface area contributed by atoms with Crippen molar-refractivity contribution in [3.8, 4) is 11.5 Å². The first-order valence-electron chi connectivity index (χ1n) is 10.8. The number of hydrogen-bond donors (Lipinski definition) is 1. The minimum absolute atomic E-state index is 0.0295. The summed E-state index contributed by atoms with van der Waals surface area (Å²) >= 11 is 0. The molecule has 0 aromatic heterocycles. The molecular formula is C23H27N3O6. The molecule has 2 aliphatic heterocycles. The van der Waals surface area contributed by atoms with Gasteiger partial charge in [-0.25, -0.2) is 0 Å². The van der Waals surface area contributed by atoms with Crippen LogP contribution in [-0.4, -0.2) is 61.7 Å². The minimum atomic E-state index is -0.482. The lowest BCUT2D eigenvalue weighted by molar-refractivity contribution is -0.384. The van der Waals surface area contributed by atoms with E-state index in [-0.39, 0.29) is 23.7 Å². The molecule has 2 atom stereocenters. The number of rotatable bonds is 8. The van der Waals surface area contributed by atoms with Gasteiger partial charge in [-0.15, -0.1) is 0 Å². The number of hydrogen-bond acceptors (Lipinski definition) is 7. The highest BCUT2D eigenvalue weighted by molar-refractivity contribution is 5.94. The summed E-state index contributed by atoms with van der Waals surface area (Å²) in [7, 11) is 1.65. The second kappa shape index (κ2) is 9.97. The Morgan fingerprint density at radius 2 is 2.06 bits per heavy atom. The molecule has 170 valence electrons. The van der Waals surface area contributed by atoms with E-state index in [4.69, 9.17) is 14.2 Å². The summed E-state index contributed by atoms with van der Waals surface area (Å²) in [6.45, 7) is 3.53. The second-order valence-electron chi connectivity index (χ2n) is 7.88. The molecule has 32 heavy (non-hydrogen) atoms.